The first-order chi connectivity index (χ1) is 9.58. The first-order valence-electron chi connectivity index (χ1n) is 6.84. The van der Waals surface area contributed by atoms with E-state index in [1.54, 1.807) is 0 Å². The smallest absolute Gasteiger partial charge is 0.224 e. The van der Waals surface area contributed by atoms with Gasteiger partial charge in [-0.1, -0.05) is 56.3 Å². The Balaban J connectivity index is 2.05. The van der Waals surface area contributed by atoms with Crippen LogP contribution in [0.2, 0.25) is 0 Å². The third kappa shape index (κ3) is 3.44. The molecule has 20 heavy (non-hydrogen) atoms. The van der Waals surface area contributed by atoms with Crippen LogP contribution < -0.4 is 5.32 Å². The molecule has 0 aliphatic carbocycles. The predicted octanol–water partition coefficient (Wildman–Crippen LogP) is 2.72. The van der Waals surface area contributed by atoms with Crippen LogP contribution in [-0.2, 0) is 16.0 Å². The van der Waals surface area contributed by atoms with E-state index in [4.69, 9.17) is 0 Å². The number of hydrogen-bond donors (Lipinski definition) is 1. The van der Waals surface area contributed by atoms with Crippen LogP contribution >= 0.6 is 0 Å². The van der Waals surface area contributed by atoms with Crippen molar-refractivity contribution in [2.45, 2.75) is 20.3 Å². The Labute approximate surface area is 119 Å². The van der Waals surface area contributed by atoms with Crippen LogP contribution in [0, 0.1) is 5.92 Å². The second-order valence-electron chi connectivity index (χ2n) is 5.21. The summed E-state index contributed by atoms with van der Waals surface area (Å²) in [6, 6.07) is 13.9. The summed E-state index contributed by atoms with van der Waals surface area (Å²) in [5.74, 6) is -0.112. The highest BCUT2D eigenvalue weighted by atomic mass is 16.2. The lowest BCUT2D eigenvalue weighted by molar-refractivity contribution is -0.126. The number of rotatable bonds is 5. The van der Waals surface area contributed by atoms with Gasteiger partial charge in [-0.05, 0) is 16.3 Å². The molecule has 1 amide bonds. The average Bonchev–Trinajstić information content (AvgIpc) is 2.45. The minimum Gasteiger partial charge on any atom is -0.349 e. The molecule has 0 bridgehead atoms. The summed E-state index contributed by atoms with van der Waals surface area (Å²) >= 11 is 0. The summed E-state index contributed by atoms with van der Waals surface area (Å²) in [7, 11) is 0. The quantitative estimate of drug-likeness (QED) is 0.907. The monoisotopic (exact) mass is 269 g/mol. The largest absolute Gasteiger partial charge is 0.349 e. The van der Waals surface area contributed by atoms with Crippen LogP contribution in [0.1, 0.15) is 19.4 Å². The van der Waals surface area contributed by atoms with Gasteiger partial charge in [0.15, 0.2) is 5.78 Å². The number of hydrogen-bond acceptors (Lipinski definition) is 2. The molecule has 3 heteroatoms. The lowest BCUT2D eigenvalue weighted by Crippen LogP contribution is -2.32. The van der Waals surface area contributed by atoms with Crippen LogP contribution in [0.5, 0.6) is 0 Å². The van der Waals surface area contributed by atoms with Crippen molar-refractivity contribution in [1.82, 2.24) is 5.32 Å². The summed E-state index contributed by atoms with van der Waals surface area (Å²) in [5.41, 5.74) is 0.984. The van der Waals surface area contributed by atoms with Gasteiger partial charge in [0.05, 0.1) is 13.0 Å². The number of fused-ring (bicyclic) bond motifs is 1. The third-order valence-corrected chi connectivity index (χ3v) is 3.33. The molecule has 1 N–H and O–H groups in total. The van der Waals surface area contributed by atoms with Crippen LogP contribution in [0.4, 0.5) is 0 Å². The average molecular weight is 269 g/mol. The van der Waals surface area contributed by atoms with Crippen LogP contribution in [0.25, 0.3) is 10.8 Å². The maximum Gasteiger partial charge on any atom is 0.224 e. The summed E-state index contributed by atoms with van der Waals surface area (Å²) in [6.45, 7) is 3.78. The molecule has 3 nitrogen and oxygen atoms in total. The van der Waals surface area contributed by atoms with Gasteiger partial charge in [0.25, 0.3) is 0 Å². The fourth-order valence-corrected chi connectivity index (χ4v) is 2.07. The van der Waals surface area contributed by atoms with E-state index in [1.165, 1.54) is 0 Å². The fraction of sp³-hybridized carbons (Fsp3) is 0.294. The van der Waals surface area contributed by atoms with Gasteiger partial charge < -0.3 is 5.32 Å². The number of amides is 1. The summed E-state index contributed by atoms with van der Waals surface area (Å²) < 4.78 is 0. The van der Waals surface area contributed by atoms with Gasteiger partial charge >= 0.3 is 0 Å². The molecule has 2 aromatic carbocycles. The van der Waals surface area contributed by atoms with E-state index in [0.29, 0.717) is 6.42 Å². The molecule has 0 atom stereocenters. The highest BCUT2D eigenvalue weighted by Gasteiger charge is 2.10. The number of Topliss-reactive ketones (excluding diaryl/α,β-unsaturated/α-hetero) is 1. The Morgan fingerprint density at radius 2 is 1.75 bits per heavy atom. The Hall–Kier alpha value is -2.16. The minimum absolute atomic E-state index is 0.0483. The molecule has 0 spiro atoms. The molecule has 0 unspecified atom stereocenters. The lowest BCUT2D eigenvalue weighted by atomic mass is 10.0. The van der Waals surface area contributed by atoms with Crippen molar-refractivity contribution in [2.24, 2.45) is 5.92 Å². The van der Waals surface area contributed by atoms with Gasteiger partial charge in [-0.25, -0.2) is 0 Å². The highest BCUT2D eigenvalue weighted by molar-refractivity contribution is 5.92. The maximum absolute atomic E-state index is 11.9. The van der Waals surface area contributed by atoms with Gasteiger partial charge in [-0.3, -0.25) is 9.59 Å². The van der Waals surface area contributed by atoms with Gasteiger partial charge in [-0.2, -0.15) is 0 Å². The zero-order chi connectivity index (χ0) is 14.5. The zero-order valence-corrected chi connectivity index (χ0v) is 11.8. The molecule has 0 fully saturated rings. The number of ketones is 1. The molecule has 104 valence electrons. The van der Waals surface area contributed by atoms with Gasteiger partial charge in [0.1, 0.15) is 0 Å². The van der Waals surface area contributed by atoms with E-state index < -0.39 is 0 Å². The third-order valence-electron chi connectivity index (χ3n) is 3.33. The normalized spacial score (nSPS) is 10.8. The standard InChI is InChI=1S/C17H19NO2/c1-12(2)16(19)11-18-17(20)10-14-8-5-7-13-6-3-4-9-15(13)14/h3-9,12H,10-11H2,1-2H3,(H,18,20). The second-order valence-corrected chi connectivity index (χ2v) is 5.21. The second kappa shape index (κ2) is 6.33. The van der Waals surface area contributed by atoms with Crippen molar-refractivity contribution in [1.29, 1.82) is 0 Å². The Kier molecular flexibility index (Phi) is 4.51. The molecular formula is C17H19NO2. The number of benzene rings is 2. The molecule has 0 radical (unpaired) electrons. The molecular weight excluding hydrogens is 250 g/mol. The zero-order valence-electron chi connectivity index (χ0n) is 11.8. The Morgan fingerprint density at radius 1 is 1.05 bits per heavy atom. The Bertz CT molecular complexity index is 626. The summed E-state index contributed by atoms with van der Waals surface area (Å²) in [5, 5.41) is 4.89. The molecule has 0 heterocycles. The molecule has 0 aliphatic rings. The lowest BCUT2D eigenvalue weighted by Gasteiger charge is -2.08. The molecule has 0 aliphatic heterocycles. The van der Waals surface area contributed by atoms with E-state index in [9.17, 15) is 9.59 Å². The highest BCUT2D eigenvalue weighted by Crippen LogP contribution is 2.18. The van der Waals surface area contributed by atoms with Crippen LogP contribution in [0.15, 0.2) is 42.5 Å². The Morgan fingerprint density at radius 3 is 2.50 bits per heavy atom. The van der Waals surface area contributed by atoms with E-state index in [1.807, 2.05) is 56.3 Å². The molecule has 2 rings (SSSR count). The van der Waals surface area contributed by atoms with Crippen molar-refractivity contribution in [3.63, 3.8) is 0 Å². The maximum atomic E-state index is 11.9. The first-order valence-corrected chi connectivity index (χ1v) is 6.84. The van der Waals surface area contributed by atoms with Gasteiger partial charge in [0.2, 0.25) is 5.91 Å². The van der Waals surface area contributed by atoms with Crippen LogP contribution in [-0.4, -0.2) is 18.2 Å². The van der Waals surface area contributed by atoms with E-state index in [2.05, 4.69) is 5.32 Å². The molecule has 0 saturated carbocycles. The molecule has 0 aromatic heterocycles. The van der Waals surface area contributed by atoms with E-state index >= 15 is 0 Å². The topological polar surface area (TPSA) is 46.2 Å². The van der Waals surface area contributed by atoms with Crippen molar-refractivity contribution >= 4 is 22.5 Å². The number of nitrogens with one attached hydrogen (secondary N) is 1. The van der Waals surface area contributed by atoms with Crippen LogP contribution in [0.3, 0.4) is 0 Å². The predicted molar refractivity (Wildman–Crippen MR) is 80.5 cm³/mol. The van der Waals surface area contributed by atoms with E-state index in [-0.39, 0.29) is 24.2 Å². The number of carbonyl (C=O) groups is 2. The van der Waals surface area contributed by atoms with Crippen molar-refractivity contribution in [3.8, 4) is 0 Å². The first kappa shape index (κ1) is 14.3. The molecule has 2 aromatic rings. The SMILES string of the molecule is CC(C)C(=O)CNC(=O)Cc1cccc2ccccc12. The van der Waals surface area contributed by atoms with Gasteiger partial charge in [-0.15, -0.1) is 0 Å². The van der Waals surface area contributed by atoms with Crippen molar-refractivity contribution in [2.75, 3.05) is 6.54 Å². The summed E-state index contributed by atoms with van der Waals surface area (Å²) in [6.07, 6.45) is 0.298. The van der Waals surface area contributed by atoms with E-state index in [0.717, 1.165) is 16.3 Å². The fourth-order valence-electron chi connectivity index (χ4n) is 2.07. The van der Waals surface area contributed by atoms with Crippen molar-refractivity contribution in [3.05, 3.63) is 48.0 Å². The van der Waals surface area contributed by atoms with Crippen molar-refractivity contribution < 1.29 is 9.59 Å². The summed E-state index contributed by atoms with van der Waals surface area (Å²) in [4.78, 5) is 23.4. The number of carbonyl (C=O) groups excluding carboxylic acids is 2. The van der Waals surface area contributed by atoms with Gasteiger partial charge in [0, 0.05) is 5.92 Å². The molecule has 0 saturated heterocycles. The minimum atomic E-state index is -0.115.